The van der Waals surface area contributed by atoms with Gasteiger partial charge in [0.1, 0.15) is 18.1 Å². The molecule has 2 aromatic carbocycles. The Balaban J connectivity index is 1.22. The lowest BCUT2D eigenvalue weighted by Crippen LogP contribution is -2.46. The molecule has 3 aliphatic rings. The van der Waals surface area contributed by atoms with Gasteiger partial charge in [-0.1, -0.05) is 42.7 Å². The van der Waals surface area contributed by atoms with Crippen molar-refractivity contribution in [3.05, 3.63) is 95.0 Å². The summed E-state index contributed by atoms with van der Waals surface area (Å²) in [6, 6.07) is 20.8. The summed E-state index contributed by atoms with van der Waals surface area (Å²) in [6.07, 6.45) is 5.56. The van der Waals surface area contributed by atoms with E-state index in [1.165, 1.54) is 10.5 Å². The van der Waals surface area contributed by atoms with Crippen LogP contribution in [0.2, 0.25) is 6.32 Å². The minimum Gasteiger partial charge on any atom is -0.459 e. The van der Waals surface area contributed by atoms with Gasteiger partial charge in [0.15, 0.2) is 0 Å². The van der Waals surface area contributed by atoms with Crippen LogP contribution in [0.15, 0.2) is 87.9 Å². The number of benzene rings is 2. The molecule has 2 aliphatic heterocycles. The quantitative estimate of drug-likeness (QED) is 0.140. The summed E-state index contributed by atoms with van der Waals surface area (Å²) in [4.78, 5) is 29.3. The highest BCUT2D eigenvalue weighted by atomic mass is 16.5. The molecule has 6 rings (SSSR count). The van der Waals surface area contributed by atoms with Gasteiger partial charge in [-0.25, -0.2) is 0 Å². The van der Waals surface area contributed by atoms with Crippen molar-refractivity contribution >= 4 is 42.1 Å². The van der Waals surface area contributed by atoms with Crippen LogP contribution in [0.25, 0.3) is 6.08 Å². The molecule has 0 saturated carbocycles. The van der Waals surface area contributed by atoms with Crippen LogP contribution in [0.5, 0.6) is 0 Å². The monoisotopic (exact) mass is 594 g/mol. The van der Waals surface area contributed by atoms with E-state index in [0.717, 1.165) is 35.4 Å². The van der Waals surface area contributed by atoms with Crippen molar-refractivity contribution in [2.24, 2.45) is 17.8 Å². The first-order valence-corrected chi connectivity index (χ1v) is 15.6. The van der Waals surface area contributed by atoms with Crippen molar-refractivity contribution in [1.82, 2.24) is 0 Å². The summed E-state index contributed by atoms with van der Waals surface area (Å²) in [7, 11) is -1.00. The second-order valence-corrected chi connectivity index (χ2v) is 12.1. The molecule has 0 radical (unpaired) electrons. The number of para-hydroxylation sites is 1. The molecule has 3 aromatic rings. The minimum atomic E-state index is -1.00. The van der Waals surface area contributed by atoms with E-state index < -0.39 is 19.0 Å². The predicted molar refractivity (Wildman–Crippen MR) is 171 cm³/mol. The highest BCUT2D eigenvalue weighted by Crippen LogP contribution is 2.52. The average Bonchev–Trinajstić information content (AvgIpc) is 3.58. The number of aliphatic hydroxyl groups excluding tert-OH is 1. The number of anilines is 3. The van der Waals surface area contributed by atoms with E-state index in [9.17, 15) is 19.7 Å². The molecule has 2 amide bonds. The number of hydrogen-bond donors (Lipinski definition) is 3. The Morgan fingerprint density at radius 1 is 1.02 bits per heavy atom. The Bertz CT molecular complexity index is 1560. The van der Waals surface area contributed by atoms with Gasteiger partial charge in [0, 0.05) is 11.4 Å². The van der Waals surface area contributed by atoms with Gasteiger partial charge in [-0.3, -0.25) is 14.5 Å². The number of allylic oxidation sites excluding steroid dienone is 2. The zero-order valence-electron chi connectivity index (χ0n) is 25.2. The van der Waals surface area contributed by atoms with Gasteiger partial charge in [0.25, 0.3) is 0 Å². The maximum atomic E-state index is 14.1. The lowest BCUT2D eigenvalue weighted by Gasteiger charge is -2.43. The number of nitrogens with one attached hydrogen (secondary N) is 1. The number of hydrogen-bond acceptors (Lipinski definition) is 7. The summed E-state index contributed by atoms with van der Waals surface area (Å²) in [5, 5.41) is 23.5. The molecule has 3 N–H and O–H groups in total. The Kier molecular flexibility index (Phi) is 8.89. The van der Waals surface area contributed by atoms with Gasteiger partial charge in [-0.15, -0.1) is 0 Å². The summed E-state index contributed by atoms with van der Waals surface area (Å²) in [6.45, 7) is 4.00. The van der Waals surface area contributed by atoms with Crippen molar-refractivity contribution < 1.29 is 28.8 Å². The number of fused-ring (bicyclic) bond motifs is 3. The van der Waals surface area contributed by atoms with Gasteiger partial charge in [0.05, 0.1) is 23.6 Å². The van der Waals surface area contributed by atoms with Gasteiger partial charge >= 0.3 is 7.12 Å². The molecule has 1 aromatic heterocycles. The summed E-state index contributed by atoms with van der Waals surface area (Å²) >= 11 is 0. The van der Waals surface area contributed by atoms with Crippen LogP contribution in [0.1, 0.15) is 57.5 Å². The van der Waals surface area contributed by atoms with Crippen molar-refractivity contribution in [1.29, 1.82) is 0 Å². The van der Waals surface area contributed by atoms with Crippen LogP contribution in [-0.4, -0.2) is 35.2 Å². The summed E-state index contributed by atoms with van der Waals surface area (Å²) in [5.74, 6) is -0.353. The molecule has 228 valence electrons. The fourth-order valence-electron chi connectivity index (χ4n) is 7.17. The van der Waals surface area contributed by atoms with E-state index >= 15 is 0 Å². The van der Waals surface area contributed by atoms with Crippen molar-refractivity contribution in [3.8, 4) is 0 Å². The second kappa shape index (κ2) is 13.0. The molecule has 4 atom stereocenters. The predicted octanol–water partition coefficient (Wildman–Crippen LogP) is 6.50. The standard InChI is InChI=1S/C35H39BN2O6/c1-3-7-23-19-29-33(35(41)38(34(29)40)26-13-11-25(12-14-26)37-24-8-5-4-6-9-24)30-20-36(42)44-31(32(23)30)17-10-22(2)18-27-15-16-28(21-39)43-27/h4-6,8-9,11-16,18,29-31,33,37,39,42H,3,7,10,17,19-21H2,1-2H3/b22-18+/t29-,30+,31-,33-/m1/s1. The Labute approximate surface area is 258 Å². The van der Waals surface area contributed by atoms with Crippen LogP contribution in [-0.2, 0) is 20.9 Å². The Morgan fingerprint density at radius 3 is 2.48 bits per heavy atom. The summed E-state index contributed by atoms with van der Waals surface area (Å²) < 4.78 is 11.7. The fraction of sp³-hybridized carbons (Fsp3) is 0.371. The number of imide groups is 1. The third-order valence-corrected chi connectivity index (χ3v) is 9.08. The van der Waals surface area contributed by atoms with E-state index in [1.54, 1.807) is 6.07 Å². The molecule has 1 aliphatic carbocycles. The smallest absolute Gasteiger partial charge is 0.455 e. The number of nitrogens with zero attached hydrogens (tertiary/aromatic N) is 1. The molecular weight excluding hydrogens is 555 g/mol. The first kappa shape index (κ1) is 30.1. The zero-order chi connectivity index (χ0) is 30.8. The minimum absolute atomic E-state index is 0.145. The lowest BCUT2D eigenvalue weighted by atomic mass is 9.58. The summed E-state index contributed by atoms with van der Waals surface area (Å²) in [5.41, 5.74) is 5.78. The average molecular weight is 595 g/mol. The second-order valence-electron chi connectivity index (χ2n) is 12.1. The molecule has 0 bridgehead atoms. The highest BCUT2D eigenvalue weighted by Gasteiger charge is 2.57. The number of rotatable bonds is 10. The van der Waals surface area contributed by atoms with E-state index in [-0.39, 0.29) is 30.4 Å². The maximum Gasteiger partial charge on any atom is 0.455 e. The van der Waals surface area contributed by atoms with E-state index in [0.29, 0.717) is 42.8 Å². The topological polar surface area (TPSA) is 112 Å². The number of carbonyl (C=O) groups excluding carboxylic acids is 2. The Hall–Kier alpha value is -3.92. The lowest BCUT2D eigenvalue weighted by molar-refractivity contribution is -0.122. The molecule has 2 saturated heterocycles. The first-order valence-electron chi connectivity index (χ1n) is 15.6. The van der Waals surface area contributed by atoms with Gasteiger partial charge in [0.2, 0.25) is 11.8 Å². The Morgan fingerprint density at radius 2 is 1.77 bits per heavy atom. The van der Waals surface area contributed by atoms with E-state index in [4.69, 9.17) is 9.07 Å². The third kappa shape index (κ3) is 6.04. The molecule has 44 heavy (non-hydrogen) atoms. The molecule has 0 spiro atoms. The number of carbonyl (C=O) groups is 2. The van der Waals surface area contributed by atoms with E-state index in [2.05, 4.69) is 12.2 Å². The molecule has 8 nitrogen and oxygen atoms in total. The maximum absolute atomic E-state index is 14.1. The molecule has 0 unspecified atom stereocenters. The fourth-order valence-corrected chi connectivity index (χ4v) is 7.17. The number of aliphatic hydroxyl groups is 1. The van der Waals surface area contributed by atoms with E-state index in [1.807, 2.05) is 73.7 Å². The van der Waals surface area contributed by atoms with Gasteiger partial charge in [-0.05, 0) is 105 Å². The van der Waals surface area contributed by atoms with Crippen molar-refractivity contribution in [2.45, 2.75) is 65.0 Å². The zero-order valence-corrected chi connectivity index (χ0v) is 25.2. The molecule has 2 fully saturated rings. The molecule has 3 heterocycles. The third-order valence-electron chi connectivity index (χ3n) is 9.08. The van der Waals surface area contributed by atoms with Crippen LogP contribution in [0.4, 0.5) is 17.1 Å². The van der Waals surface area contributed by atoms with Gasteiger partial charge in [-0.2, -0.15) is 0 Å². The molecule has 9 heteroatoms. The number of amides is 2. The highest BCUT2D eigenvalue weighted by molar-refractivity contribution is 6.43. The van der Waals surface area contributed by atoms with Gasteiger partial charge < -0.3 is 24.5 Å². The number of furan rings is 1. The van der Waals surface area contributed by atoms with Crippen LogP contribution >= 0.6 is 0 Å². The SMILES string of the molecule is CCCC1=C2[C@@H](CC/C(C)=C/c3ccc(CO)o3)OB(O)C[C@@H]2[C@@H]2C(=O)N(c3ccc(Nc4ccccc4)cc3)C(=O)[C@@H]2C1. The largest absolute Gasteiger partial charge is 0.459 e. The van der Waals surface area contributed by atoms with Crippen molar-refractivity contribution in [3.63, 3.8) is 0 Å². The first-order chi connectivity index (χ1) is 21.4. The normalized spacial score (nSPS) is 23.7. The van der Waals surface area contributed by atoms with Crippen LogP contribution in [0.3, 0.4) is 0 Å². The van der Waals surface area contributed by atoms with Crippen LogP contribution in [0, 0.1) is 17.8 Å². The molecular formula is C35H39BN2O6. The van der Waals surface area contributed by atoms with Crippen LogP contribution < -0.4 is 10.2 Å². The van der Waals surface area contributed by atoms with Crippen molar-refractivity contribution in [2.75, 3.05) is 10.2 Å².